The van der Waals surface area contributed by atoms with Crippen molar-refractivity contribution in [1.29, 1.82) is 0 Å². The summed E-state index contributed by atoms with van der Waals surface area (Å²) in [5.74, 6) is 0.786. The van der Waals surface area contributed by atoms with Gasteiger partial charge in [-0.2, -0.15) is 0 Å². The van der Waals surface area contributed by atoms with Crippen LogP contribution in [0.4, 0.5) is 5.69 Å². The highest BCUT2D eigenvalue weighted by Crippen LogP contribution is 2.43. The molecule has 22 heavy (non-hydrogen) atoms. The van der Waals surface area contributed by atoms with Gasteiger partial charge in [0.2, 0.25) is 0 Å². The van der Waals surface area contributed by atoms with Gasteiger partial charge in [0.25, 0.3) is 5.91 Å². The highest BCUT2D eigenvalue weighted by Gasteiger charge is 2.43. The Labute approximate surface area is 130 Å². The van der Waals surface area contributed by atoms with Crippen LogP contribution >= 0.6 is 0 Å². The molecule has 0 aromatic heterocycles. The minimum absolute atomic E-state index is 0.0129. The van der Waals surface area contributed by atoms with Crippen molar-refractivity contribution in [2.45, 2.75) is 6.04 Å². The lowest BCUT2D eigenvalue weighted by molar-refractivity contribution is -0.119. The third-order valence-corrected chi connectivity index (χ3v) is 3.78. The van der Waals surface area contributed by atoms with E-state index in [1.807, 2.05) is 54.6 Å². The number of amides is 1. The molecule has 3 nitrogen and oxygen atoms in total. The second-order valence-electron chi connectivity index (χ2n) is 5.04. The second kappa shape index (κ2) is 5.90. The molecule has 1 atom stereocenters. The van der Waals surface area contributed by atoms with E-state index in [0.717, 1.165) is 22.6 Å². The van der Waals surface area contributed by atoms with E-state index in [1.165, 1.54) is 0 Å². The predicted molar refractivity (Wildman–Crippen MR) is 87.9 cm³/mol. The van der Waals surface area contributed by atoms with E-state index in [2.05, 4.69) is 6.58 Å². The summed E-state index contributed by atoms with van der Waals surface area (Å²) in [7, 11) is 1.63. The minimum Gasteiger partial charge on any atom is -0.497 e. The van der Waals surface area contributed by atoms with Gasteiger partial charge in [0.05, 0.1) is 13.2 Å². The maximum Gasteiger partial charge on any atom is 0.257 e. The highest BCUT2D eigenvalue weighted by molar-refractivity contribution is 6.15. The lowest BCUT2D eigenvalue weighted by Crippen LogP contribution is -2.49. The Morgan fingerprint density at radius 1 is 1.09 bits per heavy atom. The number of anilines is 1. The van der Waals surface area contributed by atoms with E-state index in [1.54, 1.807) is 24.2 Å². The minimum atomic E-state index is -0.0694. The van der Waals surface area contributed by atoms with Crippen molar-refractivity contribution in [3.8, 4) is 5.75 Å². The Kier molecular flexibility index (Phi) is 3.79. The molecule has 0 unspecified atom stereocenters. The monoisotopic (exact) mass is 291 g/mol. The second-order valence-corrected chi connectivity index (χ2v) is 5.04. The van der Waals surface area contributed by atoms with Crippen LogP contribution in [-0.4, -0.2) is 13.0 Å². The van der Waals surface area contributed by atoms with Crippen LogP contribution in [0.5, 0.6) is 5.75 Å². The van der Waals surface area contributed by atoms with E-state index in [4.69, 9.17) is 4.74 Å². The average molecular weight is 291 g/mol. The quantitative estimate of drug-likeness (QED) is 0.631. The van der Waals surface area contributed by atoms with Crippen LogP contribution in [0.3, 0.4) is 0 Å². The van der Waals surface area contributed by atoms with Crippen LogP contribution in [0.15, 0.2) is 78.9 Å². The molecule has 1 aliphatic heterocycles. The summed E-state index contributed by atoms with van der Waals surface area (Å²) in [6.45, 7) is 3.70. The van der Waals surface area contributed by atoms with E-state index < -0.39 is 0 Å². The lowest BCUT2D eigenvalue weighted by atomic mass is 9.87. The van der Waals surface area contributed by atoms with Crippen molar-refractivity contribution in [1.82, 2.24) is 0 Å². The number of β-lactam (4-membered cyclic amide) rings is 1. The number of carbonyl (C=O) groups excluding carboxylic acids is 1. The zero-order chi connectivity index (χ0) is 15.5. The van der Waals surface area contributed by atoms with Crippen LogP contribution < -0.4 is 9.64 Å². The molecule has 3 heteroatoms. The van der Waals surface area contributed by atoms with Gasteiger partial charge in [-0.05, 0) is 29.8 Å². The SMILES string of the molecule is C=C/C=C1\C(=O)N(c2ccc(OC)cc2)[C@@H]1c1ccccc1. The fourth-order valence-corrected chi connectivity index (χ4v) is 2.71. The molecule has 110 valence electrons. The molecule has 1 fully saturated rings. The number of rotatable bonds is 4. The molecule has 1 aliphatic rings. The fourth-order valence-electron chi connectivity index (χ4n) is 2.71. The Bertz CT molecular complexity index is 717. The normalized spacial score (nSPS) is 19.0. The van der Waals surface area contributed by atoms with Crippen molar-refractivity contribution in [3.63, 3.8) is 0 Å². The number of carbonyl (C=O) groups is 1. The summed E-state index contributed by atoms with van der Waals surface area (Å²) in [4.78, 5) is 14.3. The molecule has 0 aliphatic carbocycles. The van der Waals surface area contributed by atoms with Crippen LogP contribution in [0.2, 0.25) is 0 Å². The molecular formula is C19H17NO2. The third-order valence-electron chi connectivity index (χ3n) is 3.78. The van der Waals surface area contributed by atoms with Crippen molar-refractivity contribution >= 4 is 11.6 Å². The van der Waals surface area contributed by atoms with Gasteiger partial charge in [-0.25, -0.2) is 0 Å². The van der Waals surface area contributed by atoms with Gasteiger partial charge in [0.15, 0.2) is 0 Å². The third kappa shape index (κ3) is 2.31. The van der Waals surface area contributed by atoms with Crippen molar-refractivity contribution < 1.29 is 9.53 Å². The first-order valence-electron chi connectivity index (χ1n) is 7.11. The number of hydrogen-bond donors (Lipinski definition) is 0. The van der Waals surface area contributed by atoms with Crippen LogP contribution in [-0.2, 0) is 4.79 Å². The summed E-state index contributed by atoms with van der Waals surface area (Å²) < 4.78 is 5.17. The number of allylic oxidation sites excluding steroid dienone is 2. The lowest BCUT2D eigenvalue weighted by Gasteiger charge is -2.43. The first kappa shape index (κ1) is 14.1. The number of benzene rings is 2. The average Bonchev–Trinajstić information content (AvgIpc) is 2.58. The summed E-state index contributed by atoms with van der Waals surface area (Å²) in [6.07, 6.45) is 3.45. The largest absolute Gasteiger partial charge is 0.497 e. The van der Waals surface area contributed by atoms with Gasteiger partial charge in [0, 0.05) is 11.3 Å². The summed E-state index contributed by atoms with van der Waals surface area (Å²) >= 11 is 0. The van der Waals surface area contributed by atoms with E-state index in [-0.39, 0.29) is 11.9 Å². The zero-order valence-corrected chi connectivity index (χ0v) is 12.4. The number of methoxy groups -OCH3 is 1. The molecule has 2 aromatic carbocycles. The van der Waals surface area contributed by atoms with Gasteiger partial charge in [-0.3, -0.25) is 9.69 Å². The Morgan fingerprint density at radius 2 is 1.77 bits per heavy atom. The first-order chi connectivity index (χ1) is 10.8. The van der Waals surface area contributed by atoms with Crippen molar-refractivity contribution in [3.05, 3.63) is 84.5 Å². The maximum atomic E-state index is 12.5. The van der Waals surface area contributed by atoms with Crippen LogP contribution in [0, 0.1) is 0 Å². The Morgan fingerprint density at radius 3 is 2.36 bits per heavy atom. The molecule has 0 radical (unpaired) electrons. The molecule has 0 spiro atoms. The van der Waals surface area contributed by atoms with Gasteiger partial charge in [-0.1, -0.05) is 49.1 Å². The molecular weight excluding hydrogens is 274 g/mol. The summed E-state index contributed by atoms with van der Waals surface area (Å²) in [6, 6.07) is 17.5. The Hall–Kier alpha value is -2.81. The predicted octanol–water partition coefficient (Wildman–Crippen LogP) is 3.90. The first-order valence-corrected chi connectivity index (χ1v) is 7.11. The number of hydrogen-bond acceptors (Lipinski definition) is 2. The van der Waals surface area contributed by atoms with Crippen LogP contribution in [0.25, 0.3) is 0 Å². The standard InChI is InChI=1S/C19H17NO2/c1-3-7-17-18(14-8-5-4-6-9-14)20(19(17)21)15-10-12-16(22-2)13-11-15/h3-13,18H,1H2,2H3/b17-7-/t18-/m1/s1. The highest BCUT2D eigenvalue weighted by atomic mass is 16.5. The van der Waals surface area contributed by atoms with E-state index in [0.29, 0.717) is 0 Å². The van der Waals surface area contributed by atoms with Gasteiger partial charge < -0.3 is 4.74 Å². The van der Waals surface area contributed by atoms with Gasteiger partial charge >= 0.3 is 0 Å². The maximum absolute atomic E-state index is 12.5. The fraction of sp³-hybridized carbons (Fsp3) is 0.105. The topological polar surface area (TPSA) is 29.5 Å². The molecule has 1 saturated heterocycles. The van der Waals surface area contributed by atoms with Crippen LogP contribution in [0.1, 0.15) is 11.6 Å². The Balaban J connectivity index is 2.00. The van der Waals surface area contributed by atoms with E-state index >= 15 is 0 Å². The molecule has 0 bridgehead atoms. The summed E-state index contributed by atoms with van der Waals surface area (Å²) in [5, 5.41) is 0. The van der Waals surface area contributed by atoms with Gasteiger partial charge in [-0.15, -0.1) is 0 Å². The molecule has 0 N–H and O–H groups in total. The van der Waals surface area contributed by atoms with Gasteiger partial charge in [0.1, 0.15) is 5.75 Å². The summed E-state index contributed by atoms with van der Waals surface area (Å²) in [5.41, 5.74) is 2.71. The van der Waals surface area contributed by atoms with Crippen molar-refractivity contribution in [2.75, 3.05) is 12.0 Å². The molecule has 1 amide bonds. The molecule has 2 aromatic rings. The molecule has 0 saturated carbocycles. The zero-order valence-electron chi connectivity index (χ0n) is 12.4. The number of ether oxygens (including phenoxy) is 1. The molecule has 3 rings (SSSR count). The smallest absolute Gasteiger partial charge is 0.257 e. The van der Waals surface area contributed by atoms with Crippen molar-refractivity contribution in [2.24, 2.45) is 0 Å². The number of nitrogens with zero attached hydrogens (tertiary/aromatic N) is 1. The van der Waals surface area contributed by atoms with E-state index in [9.17, 15) is 4.79 Å². The molecule has 1 heterocycles.